The largest absolute Gasteiger partial charge is 0.345 e. The van der Waals surface area contributed by atoms with Gasteiger partial charge in [-0.15, -0.1) is 11.3 Å². The van der Waals surface area contributed by atoms with Gasteiger partial charge in [0.25, 0.3) is 0 Å². The number of halogens is 1. The van der Waals surface area contributed by atoms with Gasteiger partial charge in [-0.1, -0.05) is 15.9 Å². The fourth-order valence-corrected chi connectivity index (χ4v) is 3.10. The molecule has 0 amide bonds. The van der Waals surface area contributed by atoms with Crippen LogP contribution in [-0.4, -0.2) is 19.0 Å². The number of benzene rings is 1. The van der Waals surface area contributed by atoms with Crippen molar-refractivity contribution in [1.82, 2.24) is 0 Å². The summed E-state index contributed by atoms with van der Waals surface area (Å²) in [5, 5.41) is 0. The van der Waals surface area contributed by atoms with Crippen molar-refractivity contribution in [3.05, 3.63) is 56.2 Å². The first kappa shape index (κ1) is 13.0. The van der Waals surface area contributed by atoms with Crippen LogP contribution >= 0.6 is 27.3 Å². The molecule has 19 heavy (non-hydrogen) atoms. The van der Waals surface area contributed by atoms with E-state index in [0.29, 0.717) is 23.7 Å². The third-order valence-electron chi connectivity index (χ3n) is 2.81. The van der Waals surface area contributed by atoms with Gasteiger partial charge in [-0.05, 0) is 36.4 Å². The Balaban J connectivity index is 1.82. The smallest absolute Gasteiger partial charge is 0.202 e. The van der Waals surface area contributed by atoms with Gasteiger partial charge in [-0.2, -0.15) is 0 Å². The molecule has 0 atom stereocenters. The lowest BCUT2D eigenvalue weighted by atomic mass is 10.1. The van der Waals surface area contributed by atoms with Crippen LogP contribution in [0.4, 0.5) is 0 Å². The molecule has 1 aliphatic heterocycles. The maximum Gasteiger partial charge on any atom is 0.202 e. The third-order valence-corrected chi connectivity index (χ3v) is 4.45. The lowest BCUT2D eigenvalue weighted by Gasteiger charge is -2.04. The lowest BCUT2D eigenvalue weighted by molar-refractivity contribution is -0.0413. The van der Waals surface area contributed by atoms with Crippen molar-refractivity contribution in [2.75, 3.05) is 13.2 Å². The molecule has 1 fully saturated rings. The molecule has 0 N–H and O–H groups in total. The average molecular weight is 339 g/mol. The van der Waals surface area contributed by atoms with E-state index in [1.807, 2.05) is 36.4 Å². The van der Waals surface area contributed by atoms with E-state index >= 15 is 0 Å². The Hall–Kier alpha value is -1.01. The minimum atomic E-state index is -0.309. The molecule has 1 aromatic carbocycles. The molecule has 0 unspecified atom stereocenters. The van der Waals surface area contributed by atoms with E-state index < -0.39 is 0 Å². The Morgan fingerprint density at radius 3 is 2.47 bits per heavy atom. The van der Waals surface area contributed by atoms with Gasteiger partial charge in [0, 0.05) is 10.0 Å². The summed E-state index contributed by atoms with van der Waals surface area (Å²) < 4.78 is 11.8. The van der Waals surface area contributed by atoms with Gasteiger partial charge in [0.15, 0.2) is 6.29 Å². The first-order valence-corrected chi connectivity index (χ1v) is 7.48. The Morgan fingerprint density at radius 1 is 1.11 bits per heavy atom. The van der Waals surface area contributed by atoms with E-state index in [4.69, 9.17) is 9.47 Å². The maximum absolute atomic E-state index is 12.3. The molecule has 1 aliphatic rings. The zero-order valence-electron chi connectivity index (χ0n) is 9.97. The summed E-state index contributed by atoms with van der Waals surface area (Å²) in [7, 11) is 0. The number of rotatable bonds is 3. The zero-order chi connectivity index (χ0) is 13.2. The Morgan fingerprint density at radius 2 is 1.79 bits per heavy atom. The highest BCUT2D eigenvalue weighted by atomic mass is 79.9. The SMILES string of the molecule is O=C(c1ccc(Br)cc1)c1ccc(C2OCCO2)s1. The monoisotopic (exact) mass is 338 g/mol. The molecule has 3 nitrogen and oxygen atoms in total. The summed E-state index contributed by atoms with van der Waals surface area (Å²) in [5.41, 5.74) is 0.685. The topological polar surface area (TPSA) is 35.5 Å². The fraction of sp³-hybridized carbons (Fsp3) is 0.214. The van der Waals surface area contributed by atoms with Gasteiger partial charge in [0.2, 0.25) is 5.78 Å². The molecular formula is C14H11BrO3S. The van der Waals surface area contributed by atoms with Crippen LogP contribution in [0.15, 0.2) is 40.9 Å². The maximum atomic E-state index is 12.3. The van der Waals surface area contributed by atoms with E-state index in [0.717, 1.165) is 9.35 Å². The molecule has 2 aromatic rings. The summed E-state index contributed by atoms with van der Waals surface area (Å²) >= 11 is 4.78. The summed E-state index contributed by atoms with van der Waals surface area (Å²) in [6.45, 7) is 1.22. The van der Waals surface area contributed by atoms with Crippen molar-refractivity contribution in [3.63, 3.8) is 0 Å². The number of ketones is 1. The Bertz CT molecular complexity index is 585. The molecule has 3 rings (SSSR count). The lowest BCUT2D eigenvalue weighted by Crippen LogP contribution is -1.98. The number of thiophene rings is 1. The standard InChI is InChI=1S/C14H11BrO3S/c15-10-3-1-9(2-4-10)13(16)11-5-6-12(19-11)14-17-7-8-18-14/h1-6,14H,7-8H2. The van der Waals surface area contributed by atoms with Crippen molar-refractivity contribution in [2.45, 2.75) is 6.29 Å². The van der Waals surface area contributed by atoms with E-state index in [2.05, 4.69) is 15.9 Å². The molecule has 1 aromatic heterocycles. The third kappa shape index (κ3) is 2.79. The molecule has 0 spiro atoms. The highest BCUT2D eigenvalue weighted by molar-refractivity contribution is 9.10. The first-order valence-electron chi connectivity index (χ1n) is 5.87. The zero-order valence-corrected chi connectivity index (χ0v) is 12.4. The van der Waals surface area contributed by atoms with Crippen LogP contribution in [0, 0.1) is 0 Å². The van der Waals surface area contributed by atoms with Gasteiger partial charge < -0.3 is 9.47 Å². The minimum Gasteiger partial charge on any atom is -0.345 e. The minimum absolute atomic E-state index is 0.0294. The second kappa shape index (κ2) is 5.54. The van der Waals surface area contributed by atoms with E-state index in [1.54, 1.807) is 0 Å². The molecule has 2 heterocycles. The van der Waals surface area contributed by atoms with Crippen LogP contribution in [0.2, 0.25) is 0 Å². The second-order valence-electron chi connectivity index (χ2n) is 4.11. The average Bonchev–Trinajstić information content (AvgIpc) is 3.10. The molecule has 5 heteroatoms. The fourth-order valence-electron chi connectivity index (χ4n) is 1.87. The number of carbonyl (C=O) groups excluding carboxylic acids is 1. The Labute approximate surface area is 123 Å². The van der Waals surface area contributed by atoms with Gasteiger partial charge in [-0.3, -0.25) is 4.79 Å². The van der Waals surface area contributed by atoms with Crippen LogP contribution < -0.4 is 0 Å². The van der Waals surface area contributed by atoms with Gasteiger partial charge in [-0.25, -0.2) is 0 Å². The normalized spacial score (nSPS) is 15.8. The molecule has 0 bridgehead atoms. The first-order chi connectivity index (χ1) is 9.24. The highest BCUT2D eigenvalue weighted by Gasteiger charge is 2.21. The van der Waals surface area contributed by atoms with Gasteiger partial charge in [0.05, 0.1) is 23.0 Å². The molecule has 0 saturated carbocycles. The van der Waals surface area contributed by atoms with Crippen LogP contribution in [0.25, 0.3) is 0 Å². The van der Waals surface area contributed by atoms with Gasteiger partial charge >= 0.3 is 0 Å². The van der Waals surface area contributed by atoms with Crippen LogP contribution in [0.3, 0.4) is 0 Å². The summed E-state index contributed by atoms with van der Waals surface area (Å²) in [6, 6.07) is 11.1. The quantitative estimate of drug-likeness (QED) is 0.799. The molecule has 0 radical (unpaired) electrons. The number of carbonyl (C=O) groups is 1. The van der Waals surface area contributed by atoms with E-state index in [1.165, 1.54) is 11.3 Å². The number of hydrogen-bond acceptors (Lipinski definition) is 4. The summed E-state index contributed by atoms with van der Waals surface area (Å²) in [6.07, 6.45) is -0.309. The molecule has 0 aliphatic carbocycles. The Kier molecular flexibility index (Phi) is 3.79. The van der Waals surface area contributed by atoms with Crippen LogP contribution in [0.5, 0.6) is 0 Å². The van der Waals surface area contributed by atoms with E-state index in [9.17, 15) is 4.79 Å². The summed E-state index contributed by atoms with van der Waals surface area (Å²) in [5.74, 6) is 0.0294. The molecular weight excluding hydrogens is 328 g/mol. The van der Waals surface area contributed by atoms with Crippen LogP contribution in [-0.2, 0) is 9.47 Å². The van der Waals surface area contributed by atoms with Crippen molar-refractivity contribution in [2.24, 2.45) is 0 Å². The van der Waals surface area contributed by atoms with Crippen molar-refractivity contribution in [1.29, 1.82) is 0 Å². The van der Waals surface area contributed by atoms with E-state index in [-0.39, 0.29) is 12.1 Å². The van der Waals surface area contributed by atoms with Crippen molar-refractivity contribution < 1.29 is 14.3 Å². The van der Waals surface area contributed by atoms with Crippen molar-refractivity contribution in [3.8, 4) is 0 Å². The number of hydrogen-bond donors (Lipinski definition) is 0. The number of ether oxygens (including phenoxy) is 2. The molecule has 1 saturated heterocycles. The highest BCUT2D eigenvalue weighted by Crippen LogP contribution is 2.30. The predicted octanol–water partition coefficient (Wildman–Crippen LogP) is 3.79. The summed E-state index contributed by atoms with van der Waals surface area (Å²) in [4.78, 5) is 13.9. The van der Waals surface area contributed by atoms with Gasteiger partial charge in [0.1, 0.15) is 0 Å². The second-order valence-corrected chi connectivity index (χ2v) is 6.14. The van der Waals surface area contributed by atoms with Crippen LogP contribution in [0.1, 0.15) is 26.4 Å². The molecule has 98 valence electrons. The predicted molar refractivity (Wildman–Crippen MR) is 76.5 cm³/mol. The van der Waals surface area contributed by atoms with Crippen molar-refractivity contribution >= 4 is 33.0 Å².